The number of methoxy groups -OCH3 is 2. The molecule has 0 atom stereocenters. The average Bonchev–Trinajstić information content (AvgIpc) is 3.01. The van der Waals surface area contributed by atoms with Crippen LogP contribution in [0.3, 0.4) is 0 Å². The number of hydrogen-bond donors (Lipinski definition) is 1. The van der Waals surface area contributed by atoms with Crippen LogP contribution in [0.15, 0.2) is 24.3 Å². The van der Waals surface area contributed by atoms with E-state index < -0.39 is 0 Å². The van der Waals surface area contributed by atoms with Gasteiger partial charge in [0.05, 0.1) is 20.3 Å². The van der Waals surface area contributed by atoms with Gasteiger partial charge in [0.2, 0.25) is 24.5 Å². The third-order valence-corrected chi connectivity index (χ3v) is 3.01. The van der Waals surface area contributed by atoms with Crippen molar-refractivity contribution in [1.82, 2.24) is 9.97 Å². The average molecular weight is 289 g/mol. The molecule has 110 valence electrons. The Morgan fingerprint density at radius 2 is 1.90 bits per heavy atom. The Hall–Kier alpha value is -2.70. The molecule has 7 heteroatoms. The smallest absolute Gasteiger partial charge is 0.231 e. The number of rotatable bonds is 5. The number of aromatic nitrogens is 2. The quantitative estimate of drug-likeness (QED) is 0.900. The van der Waals surface area contributed by atoms with Crippen LogP contribution in [0.1, 0.15) is 5.56 Å². The standard InChI is InChI=1S/C14H15N3O4/c1-18-11-6-12(19-2)17-14(16-11)15-7-9-4-3-5-10-13(9)21-8-20-10/h3-6H,7-8H2,1-2H3,(H,15,16,17). The molecule has 1 aliphatic heterocycles. The van der Waals surface area contributed by atoms with E-state index in [0.717, 1.165) is 17.1 Å². The third kappa shape index (κ3) is 2.76. The van der Waals surface area contributed by atoms with Crippen LogP contribution >= 0.6 is 0 Å². The lowest BCUT2D eigenvalue weighted by Crippen LogP contribution is -2.06. The van der Waals surface area contributed by atoms with Crippen LogP contribution in [0.25, 0.3) is 0 Å². The third-order valence-electron chi connectivity index (χ3n) is 3.01. The van der Waals surface area contributed by atoms with Gasteiger partial charge in [-0.15, -0.1) is 0 Å². The van der Waals surface area contributed by atoms with Crippen LogP contribution in [0, 0.1) is 0 Å². The van der Waals surface area contributed by atoms with Gasteiger partial charge >= 0.3 is 0 Å². The zero-order valence-electron chi connectivity index (χ0n) is 11.8. The largest absolute Gasteiger partial charge is 0.481 e. The van der Waals surface area contributed by atoms with Crippen LogP contribution in [-0.4, -0.2) is 31.0 Å². The summed E-state index contributed by atoms with van der Waals surface area (Å²) in [6.07, 6.45) is 0. The lowest BCUT2D eigenvalue weighted by atomic mass is 10.2. The second-order valence-corrected chi connectivity index (χ2v) is 4.28. The minimum absolute atomic E-state index is 0.246. The summed E-state index contributed by atoms with van der Waals surface area (Å²) in [5, 5.41) is 3.12. The normalized spacial score (nSPS) is 12.1. The fourth-order valence-electron chi connectivity index (χ4n) is 2.00. The van der Waals surface area contributed by atoms with E-state index in [4.69, 9.17) is 18.9 Å². The predicted octanol–water partition coefficient (Wildman–Crippen LogP) is 1.83. The molecule has 0 spiro atoms. The van der Waals surface area contributed by atoms with E-state index in [1.54, 1.807) is 20.3 Å². The van der Waals surface area contributed by atoms with Crippen molar-refractivity contribution in [2.75, 3.05) is 26.3 Å². The number of anilines is 1. The van der Waals surface area contributed by atoms with Crippen molar-refractivity contribution in [2.24, 2.45) is 0 Å². The predicted molar refractivity (Wildman–Crippen MR) is 75.0 cm³/mol. The maximum absolute atomic E-state index is 5.46. The van der Waals surface area contributed by atoms with Crippen LogP contribution in [0.2, 0.25) is 0 Å². The van der Waals surface area contributed by atoms with Gasteiger partial charge < -0.3 is 24.3 Å². The van der Waals surface area contributed by atoms with Gasteiger partial charge in [0, 0.05) is 12.1 Å². The van der Waals surface area contributed by atoms with Crippen molar-refractivity contribution in [3.8, 4) is 23.3 Å². The van der Waals surface area contributed by atoms with Crippen LogP contribution < -0.4 is 24.3 Å². The summed E-state index contributed by atoms with van der Waals surface area (Å²) in [5.41, 5.74) is 0.968. The van der Waals surface area contributed by atoms with Crippen molar-refractivity contribution in [2.45, 2.75) is 6.54 Å². The van der Waals surface area contributed by atoms with Gasteiger partial charge in [0.25, 0.3) is 0 Å². The van der Waals surface area contributed by atoms with Gasteiger partial charge in [-0.05, 0) is 6.07 Å². The number of nitrogens with one attached hydrogen (secondary N) is 1. The van der Waals surface area contributed by atoms with E-state index in [1.807, 2.05) is 18.2 Å². The summed E-state index contributed by atoms with van der Waals surface area (Å²) in [7, 11) is 3.08. The number of benzene rings is 1. The van der Waals surface area contributed by atoms with E-state index in [1.165, 1.54) is 0 Å². The Morgan fingerprint density at radius 1 is 1.14 bits per heavy atom. The Morgan fingerprint density at radius 3 is 2.62 bits per heavy atom. The topological polar surface area (TPSA) is 74.7 Å². The van der Waals surface area contributed by atoms with E-state index in [9.17, 15) is 0 Å². The molecule has 0 saturated heterocycles. The van der Waals surface area contributed by atoms with E-state index >= 15 is 0 Å². The second kappa shape index (κ2) is 5.74. The first kappa shape index (κ1) is 13.3. The molecule has 2 aromatic rings. The summed E-state index contributed by atoms with van der Waals surface area (Å²) in [5.74, 6) is 2.78. The highest BCUT2D eigenvalue weighted by Gasteiger charge is 2.17. The molecule has 0 amide bonds. The Balaban J connectivity index is 1.77. The zero-order chi connectivity index (χ0) is 14.7. The fourth-order valence-corrected chi connectivity index (χ4v) is 2.00. The molecule has 0 radical (unpaired) electrons. The molecule has 0 aliphatic carbocycles. The summed E-state index contributed by atoms with van der Waals surface area (Å²) >= 11 is 0. The SMILES string of the molecule is COc1cc(OC)nc(NCc2cccc3c2OCO3)n1. The first-order chi connectivity index (χ1) is 10.3. The first-order valence-electron chi connectivity index (χ1n) is 6.38. The molecule has 2 heterocycles. The number of nitrogens with zero attached hydrogens (tertiary/aromatic N) is 2. The summed E-state index contributed by atoms with van der Waals surface area (Å²) in [4.78, 5) is 8.42. The van der Waals surface area contributed by atoms with Crippen molar-refractivity contribution < 1.29 is 18.9 Å². The zero-order valence-corrected chi connectivity index (χ0v) is 11.8. The lowest BCUT2D eigenvalue weighted by molar-refractivity contribution is 0.173. The van der Waals surface area contributed by atoms with Crippen molar-refractivity contribution >= 4 is 5.95 Å². The van der Waals surface area contributed by atoms with E-state index in [0.29, 0.717) is 24.3 Å². The molecule has 3 rings (SSSR count). The molecular formula is C14H15N3O4. The van der Waals surface area contributed by atoms with Crippen LogP contribution in [0.5, 0.6) is 23.3 Å². The summed E-state index contributed by atoms with van der Waals surface area (Å²) in [6, 6.07) is 7.36. The molecular weight excluding hydrogens is 274 g/mol. The molecule has 21 heavy (non-hydrogen) atoms. The minimum atomic E-state index is 0.246. The number of ether oxygens (including phenoxy) is 4. The minimum Gasteiger partial charge on any atom is -0.481 e. The molecule has 1 aromatic heterocycles. The van der Waals surface area contributed by atoms with Gasteiger partial charge in [-0.25, -0.2) is 0 Å². The van der Waals surface area contributed by atoms with Crippen LogP contribution in [-0.2, 0) is 6.54 Å². The monoisotopic (exact) mass is 289 g/mol. The Kier molecular flexibility index (Phi) is 3.63. The highest BCUT2D eigenvalue weighted by molar-refractivity contribution is 5.49. The van der Waals surface area contributed by atoms with Crippen molar-refractivity contribution in [3.63, 3.8) is 0 Å². The molecule has 0 unspecified atom stereocenters. The molecule has 0 saturated carbocycles. The summed E-state index contributed by atoms with van der Waals surface area (Å²) in [6.45, 7) is 0.749. The molecule has 1 aliphatic rings. The van der Waals surface area contributed by atoms with Gasteiger partial charge in [0.1, 0.15) is 0 Å². The molecule has 1 N–H and O–H groups in total. The highest BCUT2D eigenvalue weighted by Crippen LogP contribution is 2.35. The molecule has 7 nitrogen and oxygen atoms in total. The van der Waals surface area contributed by atoms with Crippen molar-refractivity contribution in [3.05, 3.63) is 29.8 Å². The molecule has 1 aromatic carbocycles. The summed E-state index contributed by atoms with van der Waals surface area (Å²) < 4.78 is 21.0. The number of fused-ring (bicyclic) bond motifs is 1. The number of hydrogen-bond acceptors (Lipinski definition) is 7. The maximum Gasteiger partial charge on any atom is 0.231 e. The Bertz CT molecular complexity index is 626. The van der Waals surface area contributed by atoms with Crippen LogP contribution in [0.4, 0.5) is 5.95 Å². The fraction of sp³-hybridized carbons (Fsp3) is 0.286. The van der Waals surface area contributed by atoms with Gasteiger partial charge in [0.15, 0.2) is 11.5 Å². The highest BCUT2D eigenvalue weighted by atomic mass is 16.7. The second-order valence-electron chi connectivity index (χ2n) is 4.28. The van der Waals surface area contributed by atoms with E-state index in [2.05, 4.69) is 15.3 Å². The molecule has 0 fully saturated rings. The Labute approximate surface area is 121 Å². The van der Waals surface area contributed by atoms with Gasteiger partial charge in [-0.1, -0.05) is 12.1 Å². The molecule has 0 bridgehead atoms. The van der Waals surface area contributed by atoms with E-state index in [-0.39, 0.29) is 6.79 Å². The number of para-hydroxylation sites is 1. The van der Waals surface area contributed by atoms with Gasteiger partial charge in [-0.2, -0.15) is 9.97 Å². The lowest BCUT2D eigenvalue weighted by Gasteiger charge is -2.09. The maximum atomic E-state index is 5.46. The van der Waals surface area contributed by atoms with Gasteiger partial charge in [-0.3, -0.25) is 0 Å². The van der Waals surface area contributed by atoms with Crippen molar-refractivity contribution in [1.29, 1.82) is 0 Å². The first-order valence-corrected chi connectivity index (χ1v) is 6.38.